The lowest BCUT2D eigenvalue weighted by Gasteiger charge is -2.04. The molecule has 1 N–H and O–H groups in total. The predicted octanol–water partition coefficient (Wildman–Crippen LogP) is 4.90. The van der Waals surface area contributed by atoms with Crippen LogP contribution in [0.15, 0.2) is 39.3 Å². The predicted molar refractivity (Wildman–Crippen MR) is 83.4 cm³/mol. The standard InChI is InChI=1S/C14H9Br2FN2O/c1-20-13-3-2-7(4-9(13)16)14-18-11-5-8(15)10(17)6-12(11)19-14/h2-6H,1H3,(H,18,19). The van der Waals surface area contributed by atoms with E-state index >= 15 is 0 Å². The monoisotopic (exact) mass is 398 g/mol. The number of rotatable bonds is 2. The molecule has 1 aromatic heterocycles. The molecular weight excluding hydrogens is 391 g/mol. The number of aromatic amines is 1. The molecule has 0 amide bonds. The van der Waals surface area contributed by atoms with Crippen molar-refractivity contribution in [2.75, 3.05) is 7.11 Å². The van der Waals surface area contributed by atoms with E-state index in [4.69, 9.17) is 4.74 Å². The fourth-order valence-corrected chi connectivity index (χ4v) is 2.83. The number of imidazole rings is 1. The molecule has 0 saturated heterocycles. The van der Waals surface area contributed by atoms with Crippen molar-refractivity contribution in [1.82, 2.24) is 9.97 Å². The van der Waals surface area contributed by atoms with E-state index in [0.29, 0.717) is 21.3 Å². The first kappa shape index (κ1) is 13.6. The summed E-state index contributed by atoms with van der Waals surface area (Å²) >= 11 is 6.60. The van der Waals surface area contributed by atoms with Gasteiger partial charge < -0.3 is 9.72 Å². The zero-order valence-corrected chi connectivity index (χ0v) is 13.5. The fraction of sp³-hybridized carbons (Fsp3) is 0.0714. The maximum Gasteiger partial charge on any atom is 0.139 e. The molecule has 0 fully saturated rings. The molecule has 0 atom stereocenters. The van der Waals surface area contributed by atoms with Crippen molar-refractivity contribution in [3.8, 4) is 17.1 Å². The van der Waals surface area contributed by atoms with Gasteiger partial charge in [-0.05, 0) is 56.1 Å². The number of H-pyrrole nitrogens is 1. The highest BCUT2D eigenvalue weighted by molar-refractivity contribution is 9.10. The molecule has 6 heteroatoms. The van der Waals surface area contributed by atoms with Gasteiger partial charge in [0.15, 0.2) is 0 Å². The Balaban J connectivity index is 2.12. The Bertz CT molecular complexity index is 762. The minimum atomic E-state index is -0.316. The molecule has 3 nitrogen and oxygen atoms in total. The van der Waals surface area contributed by atoms with Crippen LogP contribution in [0.4, 0.5) is 4.39 Å². The molecule has 3 rings (SSSR count). The van der Waals surface area contributed by atoms with Crippen LogP contribution in [0.5, 0.6) is 5.75 Å². The number of hydrogen-bond donors (Lipinski definition) is 1. The summed E-state index contributed by atoms with van der Waals surface area (Å²) in [6.07, 6.45) is 0. The van der Waals surface area contributed by atoms with Crippen LogP contribution in [-0.2, 0) is 0 Å². The van der Waals surface area contributed by atoms with Crippen LogP contribution in [0.25, 0.3) is 22.4 Å². The Morgan fingerprint density at radius 1 is 1.15 bits per heavy atom. The summed E-state index contributed by atoms with van der Waals surface area (Å²) in [6, 6.07) is 8.73. The molecule has 0 saturated carbocycles. The van der Waals surface area contributed by atoms with E-state index in [1.165, 1.54) is 6.07 Å². The van der Waals surface area contributed by atoms with Crippen LogP contribution in [0.3, 0.4) is 0 Å². The number of hydrogen-bond acceptors (Lipinski definition) is 2. The average molecular weight is 400 g/mol. The Morgan fingerprint density at radius 2 is 1.95 bits per heavy atom. The van der Waals surface area contributed by atoms with E-state index < -0.39 is 0 Å². The highest BCUT2D eigenvalue weighted by atomic mass is 79.9. The second-order valence-corrected chi connectivity index (χ2v) is 5.93. The molecule has 20 heavy (non-hydrogen) atoms. The summed E-state index contributed by atoms with van der Waals surface area (Å²) in [6.45, 7) is 0. The molecular formula is C14H9Br2FN2O. The van der Waals surface area contributed by atoms with Crippen molar-refractivity contribution in [1.29, 1.82) is 0 Å². The third-order valence-corrected chi connectivity index (χ3v) is 4.18. The lowest BCUT2D eigenvalue weighted by molar-refractivity contribution is 0.412. The largest absolute Gasteiger partial charge is 0.496 e. The summed E-state index contributed by atoms with van der Waals surface area (Å²) in [5, 5.41) is 0. The van der Waals surface area contributed by atoms with Gasteiger partial charge in [0.05, 0.1) is 27.1 Å². The van der Waals surface area contributed by atoms with Crippen molar-refractivity contribution in [3.63, 3.8) is 0 Å². The van der Waals surface area contributed by atoms with E-state index in [0.717, 1.165) is 15.8 Å². The number of nitrogens with one attached hydrogen (secondary N) is 1. The van der Waals surface area contributed by atoms with Gasteiger partial charge in [-0.3, -0.25) is 0 Å². The van der Waals surface area contributed by atoms with Gasteiger partial charge in [-0.1, -0.05) is 0 Å². The molecule has 0 bridgehead atoms. The Morgan fingerprint density at radius 3 is 2.65 bits per heavy atom. The number of aromatic nitrogens is 2. The summed E-state index contributed by atoms with van der Waals surface area (Å²) in [4.78, 5) is 7.58. The highest BCUT2D eigenvalue weighted by Crippen LogP contribution is 2.31. The molecule has 0 spiro atoms. The highest BCUT2D eigenvalue weighted by Gasteiger charge is 2.10. The summed E-state index contributed by atoms with van der Waals surface area (Å²) in [7, 11) is 1.61. The quantitative estimate of drug-likeness (QED) is 0.665. The minimum Gasteiger partial charge on any atom is -0.496 e. The van der Waals surface area contributed by atoms with Gasteiger partial charge in [-0.2, -0.15) is 0 Å². The van der Waals surface area contributed by atoms with Crippen LogP contribution in [0.2, 0.25) is 0 Å². The van der Waals surface area contributed by atoms with Gasteiger partial charge in [0, 0.05) is 11.6 Å². The normalized spacial score (nSPS) is 11.0. The zero-order valence-electron chi connectivity index (χ0n) is 10.4. The van der Waals surface area contributed by atoms with Crippen molar-refractivity contribution in [3.05, 3.63) is 45.1 Å². The van der Waals surface area contributed by atoms with Crippen LogP contribution >= 0.6 is 31.9 Å². The van der Waals surface area contributed by atoms with E-state index in [2.05, 4.69) is 41.8 Å². The second-order valence-electron chi connectivity index (χ2n) is 4.22. The first-order chi connectivity index (χ1) is 9.58. The van der Waals surface area contributed by atoms with Crippen molar-refractivity contribution in [2.24, 2.45) is 0 Å². The number of halogens is 3. The van der Waals surface area contributed by atoms with E-state index in [1.54, 1.807) is 13.2 Å². The molecule has 0 aliphatic carbocycles. The SMILES string of the molecule is COc1ccc(-c2nc3cc(Br)c(F)cc3[nH]2)cc1Br. The molecule has 1 heterocycles. The molecule has 0 unspecified atom stereocenters. The lowest BCUT2D eigenvalue weighted by Crippen LogP contribution is -1.86. The van der Waals surface area contributed by atoms with Gasteiger partial charge in [-0.25, -0.2) is 9.37 Å². The summed E-state index contributed by atoms with van der Waals surface area (Å²) < 4.78 is 19.9. The first-order valence-electron chi connectivity index (χ1n) is 5.77. The van der Waals surface area contributed by atoms with E-state index in [-0.39, 0.29) is 5.82 Å². The Kier molecular flexibility index (Phi) is 3.52. The number of ether oxygens (including phenoxy) is 1. The second kappa shape index (κ2) is 5.18. The van der Waals surface area contributed by atoms with Crippen molar-refractivity contribution in [2.45, 2.75) is 0 Å². The third-order valence-electron chi connectivity index (χ3n) is 2.95. The molecule has 102 valence electrons. The van der Waals surface area contributed by atoms with E-state index in [9.17, 15) is 4.39 Å². The first-order valence-corrected chi connectivity index (χ1v) is 7.36. The van der Waals surface area contributed by atoms with Crippen LogP contribution < -0.4 is 4.74 Å². The molecule has 0 radical (unpaired) electrons. The minimum absolute atomic E-state index is 0.316. The van der Waals surface area contributed by atoms with Crippen molar-refractivity contribution < 1.29 is 9.13 Å². The Hall–Kier alpha value is -1.40. The lowest BCUT2D eigenvalue weighted by atomic mass is 10.2. The molecule has 0 aliphatic rings. The zero-order chi connectivity index (χ0) is 14.3. The molecule has 2 aromatic carbocycles. The average Bonchev–Trinajstić information content (AvgIpc) is 2.82. The summed E-state index contributed by atoms with van der Waals surface area (Å²) in [5.74, 6) is 1.11. The number of fused-ring (bicyclic) bond motifs is 1. The maximum atomic E-state index is 13.5. The third kappa shape index (κ3) is 2.33. The topological polar surface area (TPSA) is 37.9 Å². The smallest absolute Gasteiger partial charge is 0.139 e. The van der Waals surface area contributed by atoms with Crippen molar-refractivity contribution >= 4 is 42.9 Å². The van der Waals surface area contributed by atoms with Gasteiger partial charge in [0.2, 0.25) is 0 Å². The van der Waals surface area contributed by atoms with Gasteiger partial charge in [-0.15, -0.1) is 0 Å². The molecule has 0 aliphatic heterocycles. The number of benzene rings is 2. The number of methoxy groups -OCH3 is 1. The molecule has 3 aromatic rings. The van der Waals surface area contributed by atoms with Gasteiger partial charge >= 0.3 is 0 Å². The maximum absolute atomic E-state index is 13.5. The van der Waals surface area contributed by atoms with Crippen LogP contribution in [0.1, 0.15) is 0 Å². The fourth-order valence-electron chi connectivity index (χ4n) is 1.96. The van der Waals surface area contributed by atoms with Gasteiger partial charge in [0.25, 0.3) is 0 Å². The van der Waals surface area contributed by atoms with Gasteiger partial charge in [0.1, 0.15) is 17.4 Å². The van der Waals surface area contributed by atoms with Crippen LogP contribution in [-0.4, -0.2) is 17.1 Å². The van der Waals surface area contributed by atoms with E-state index in [1.807, 2.05) is 18.2 Å². The summed E-state index contributed by atoms with van der Waals surface area (Å²) in [5.41, 5.74) is 2.26. The number of nitrogens with zero attached hydrogens (tertiary/aromatic N) is 1. The van der Waals surface area contributed by atoms with Crippen LogP contribution in [0, 0.1) is 5.82 Å². The Labute approximate surface area is 131 Å².